The number of carbonyl (C=O) groups excluding carboxylic acids is 3. The van der Waals surface area contributed by atoms with Crippen LogP contribution in [0.15, 0.2) is 42.5 Å². The first-order valence-electron chi connectivity index (χ1n) is 13.0. The molecule has 1 atom stereocenters. The number of halogens is 2. The van der Waals surface area contributed by atoms with Crippen LogP contribution in [-0.2, 0) is 9.47 Å². The van der Waals surface area contributed by atoms with E-state index in [0.29, 0.717) is 29.6 Å². The zero-order valence-electron chi connectivity index (χ0n) is 21.2. The van der Waals surface area contributed by atoms with Crippen molar-refractivity contribution in [3.8, 4) is 0 Å². The minimum atomic E-state index is -1.04. The molecule has 1 N–H and O–H groups in total. The van der Waals surface area contributed by atoms with Crippen molar-refractivity contribution in [2.75, 3.05) is 33.4 Å². The molecular weight excluding hydrogens is 496 g/mol. The number of nitrogens with one attached hydrogen (secondary N) is 1. The van der Waals surface area contributed by atoms with Gasteiger partial charge in [-0.3, -0.25) is 4.90 Å². The fourth-order valence-electron chi connectivity index (χ4n) is 5.87. The third kappa shape index (κ3) is 5.22. The third-order valence-electron chi connectivity index (χ3n) is 7.97. The molecule has 1 saturated carbocycles. The molecule has 1 aliphatic carbocycles. The zero-order valence-corrected chi connectivity index (χ0v) is 21.2. The Morgan fingerprint density at radius 3 is 2.50 bits per heavy atom. The van der Waals surface area contributed by atoms with Crippen molar-refractivity contribution in [1.29, 1.82) is 0 Å². The normalized spacial score (nSPS) is 24.0. The standard InChI is InChI=1S/C28H31F2N3O5/c1-37-26(34)22-5-3-2-4-21(22)18-6-9-20(10-7-18)32-14-17(15-32)13-31-27(35)33-25(16-38-28(33)36)19-8-11-23(29)24(30)12-19/h2-5,8,11-12,17-18,20,25H,6-7,9-10,13-16H2,1H3,(H,31,35). The molecular formula is C28H31F2N3O5. The molecule has 2 heterocycles. The Balaban J connectivity index is 1.09. The molecule has 3 amide bonds. The van der Waals surface area contributed by atoms with Gasteiger partial charge in [0, 0.05) is 31.6 Å². The topological polar surface area (TPSA) is 88.2 Å². The molecule has 38 heavy (non-hydrogen) atoms. The van der Waals surface area contributed by atoms with E-state index in [-0.39, 0.29) is 18.5 Å². The highest BCUT2D eigenvalue weighted by atomic mass is 19.2. The summed E-state index contributed by atoms with van der Waals surface area (Å²) in [5.41, 5.74) is 2.00. The number of hydrogen-bond donors (Lipinski definition) is 1. The number of likely N-dealkylation sites (tertiary alicyclic amines) is 1. The van der Waals surface area contributed by atoms with Gasteiger partial charge in [-0.05, 0) is 60.9 Å². The first kappa shape index (κ1) is 26.1. The van der Waals surface area contributed by atoms with E-state index in [1.165, 1.54) is 13.2 Å². The van der Waals surface area contributed by atoms with Crippen LogP contribution in [0.3, 0.4) is 0 Å². The van der Waals surface area contributed by atoms with E-state index in [1.807, 2.05) is 24.3 Å². The predicted molar refractivity (Wildman–Crippen MR) is 134 cm³/mol. The Bertz CT molecular complexity index is 1210. The van der Waals surface area contributed by atoms with Gasteiger partial charge < -0.3 is 14.8 Å². The summed E-state index contributed by atoms with van der Waals surface area (Å²) in [7, 11) is 1.40. The Kier molecular flexibility index (Phi) is 7.60. The molecule has 0 spiro atoms. The van der Waals surface area contributed by atoms with Crippen LogP contribution in [-0.4, -0.2) is 67.3 Å². The Labute approximate surface area is 219 Å². The fraction of sp³-hybridized carbons (Fsp3) is 0.464. The summed E-state index contributed by atoms with van der Waals surface area (Å²) in [5.74, 6) is -1.74. The molecule has 2 aliphatic heterocycles. The van der Waals surface area contributed by atoms with Gasteiger partial charge in [-0.1, -0.05) is 24.3 Å². The minimum Gasteiger partial charge on any atom is -0.465 e. The lowest BCUT2D eigenvalue weighted by Gasteiger charge is -2.47. The van der Waals surface area contributed by atoms with Crippen molar-refractivity contribution in [2.45, 2.75) is 43.7 Å². The second kappa shape index (κ2) is 11.1. The van der Waals surface area contributed by atoms with Crippen molar-refractivity contribution in [2.24, 2.45) is 5.92 Å². The van der Waals surface area contributed by atoms with Crippen LogP contribution >= 0.6 is 0 Å². The van der Waals surface area contributed by atoms with Crippen molar-refractivity contribution >= 4 is 18.1 Å². The van der Waals surface area contributed by atoms with Crippen LogP contribution < -0.4 is 5.32 Å². The molecule has 2 saturated heterocycles. The number of carbonyl (C=O) groups is 3. The summed E-state index contributed by atoms with van der Waals surface area (Å²) in [6.45, 7) is 2.00. The maximum absolute atomic E-state index is 13.7. The molecule has 8 nitrogen and oxygen atoms in total. The summed E-state index contributed by atoms with van der Waals surface area (Å²) < 4.78 is 36.9. The maximum atomic E-state index is 13.7. The van der Waals surface area contributed by atoms with E-state index >= 15 is 0 Å². The predicted octanol–water partition coefficient (Wildman–Crippen LogP) is 4.61. The van der Waals surface area contributed by atoms with E-state index in [9.17, 15) is 23.2 Å². The lowest BCUT2D eigenvalue weighted by molar-refractivity contribution is 0.0333. The lowest BCUT2D eigenvalue weighted by atomic mass is 9.78. The number of hydrogen-bond acceptors (Lipinski definition) is 6. The van der Waals surface area contributed by atoms with E-state index in [1.54, 1.807) is 0 Å². The van der Waals surface area contributed by atoms with Gasteiger partial charge in [0.25, 0.3) is 0 Å². The fourth-order valence-corrected chi connectivity index (χ4v) is 5.87. The molecule has 2 aromatic carbocycles. The zero-order chi connectivity index (χ0) is 26.8. The largest absolute Gasteiger partial charge is 0.465 e. The van der Waals surface area contributed by atoms with Crippen molar-refractivity contribution in [1.82, 2.24) is 15.1 Å². The number of urea groups is 1. The van der Waals surface area contributed by atoms with Gasteiger partial charge in [0.15, 0.2) is 11.6 Å². The highest BCUT2D eigenvalue weighted by molar-refractivity contribution is 5.93. The average Bonchev–Trinajstić information content (AvgIpc) is 3.30. The number of cyclic esters (lactones) is 1. The van der Waals surface area contributed by atoms with Gasteiger partial charge in [-0.25, -0.2) is 28.1 Å². The first-order valence-corrected chi connectivity index (χ1v) is 13.0. The van der Waals surface area contributed by atoms with Crippen LogP contribution in [0.5, 0.6) is 0 Å². The number of imide groups is 1. The summed E-state index contributed by atoms with van der Waals surface area (Å²) in [5, 5.41) is 2.80. The quantitative estimate of drug-likeness (QED) is 0.552. The molecule has 3 aliphatic rings. The van der Waals surface area contributed by atoms with Gasteiger partial charge in [0.1, 0.15) is 12.6 Å². The van der Waals surface area contributed by atoms with Gasteiger partial charge in [0.2, 0.25) is 0 Å². The van der Waals surface area contributed by atoms with Crippen LogP contribution in [0, 0.1) is 17.6 Å². The Hall–Kier alpha value is -3.53. The number of nitrogens with zero attached hydrogens (tertiary/aromatic N) is 2. The maximum Gasteiger partial charge on any atom is 0.418 e. The van der Waals surface area contributed by atoms with E-state index < -0.39 is 29.8 Å². The molecule has 0 aromatic heterocycles. The summed E-state index contributed by atoms with van der Waals surface area (Å²) in [6.07, 6.45) is 3.26. The van der Waals surface area contributed by atoms with Crippen LogP contribution in [0.1, 0.15) is 59.1 Å². The number of ether oxygens (including phenoxy) is 2. The summed E-state index contributed by atoms with van der Waals surface area (Å²) in [4.78, 5) is 40.5. The second-order valence-electron chi connectivity index (χ2n) is 10.2. The SMILES string of the molecule is COC(=O)c1ccccc1C1CCC(N2CC(CNC(=O)N3C(=O)OCC3c3ccc(F)c(F)c3)C2)CC1. The molecule has 0 bridgehead atoms. The summed E-state index contributed by atoms with van der Waals surface area (Å²) >= 11 is 0. The number of amides is 3. The highest BCUT2D eigenvalue weighted by Crippen LogP contribution is 2.38. The Morgan fingerprint density at radius 1 is 1.05 bits per heavy atom. The summed E-state index contributed by atoms with van der Waals surface area (Å²) in [6, 6.07) is 10.0. The van der Waals surface area contributed by atoms with Gasteiger partial charge in [-0.15, -0.1) is 0 Å². The number of methoxy groups -OCH3 is 1. The van der Waals surface area contributed by atoms with Gasteiger partial charge in [-0.2, -0.15) is 0 Å². The van der Waals surface area contributed by atoms with Crippen LogP contribution in [0.2, 0.25) is 0 Å². The number of benzene rings is 2. The van der Waals surface area contributed by atoms with Crippen LogP contribution in [0.4, 0.5) is 18.4 Å². The monoisotopic (exact) mass is 527 g/mol. The first-order chi connectivity index (χ1) is 18.4. The minimum absolute atomic E-state index is 0.110. The van der Waals surface area contributed by atoms with Gasteiger partial charge >= 0.3 is 18.1 Å². The molecule has 202 valence electrons. The third-order valence-corrected chi connectivity index (χ3v) is 7.97. The molecule has 3 fully saturated rings. The lowest BCUT2D eigenvalue weighted by Crippen LogP contribution is -2.56. The smallest absolute Gasteiger partial charge is 0.418 e. The molecule has 0 radical (unpaired) electrons. The van der Waals surface area contributed by atoms with E-state index in [2.05, 4.69) is 10.2 Å². The van der Waals surface area contributed by atoms with Crippen molar-refractivity contribution in [3.05, 3.63) is 70.8 Å². The van der Waals surface area contributed by atoms with E-state index in [0.717, 1.165) is 61.4 Å². The van der Waals surface area contributed by atoms with Crippen molar-refractivity contribution in [3.63, 3.8) is 0 Å². The molecule has 10 heteroatoms. The van der Waals surface area contributed by atoms with E-state index in [4.69, 9.17) is 9.47 Å². The molecule has 1 unspecified atom stereocenters. The van der Waals surface area contributed by atoms with Crippen molar-refractivity contribution < 1.29 is 32.6 Å². The number of rotatable bonds is 6. The number of esters is 1. The van der Waals surface area contributed by atoms with Crippen LogP contribution in [0.25, 0.3) is 0 Å². The highest BCUT2D eigenvalue weighted by Gasteiger charge is 2.40. The molecule has 2 aromatic rings. The molecule has 5 rings (SSSR count). The Morgan fingerprint density at radius 2 is 1.79 bits per heavy atom. The second-order valence-corrected chi connectivity index (χ2v) is 10.2. The average molecular weight is 528 g/mol. The van der Waals surface area contributed by atoms with Gasteiger partial charge in [0.05, 0.1) is 12.7 Å².